The number of hydrogen-bond donors (Lipinski definition) is 6. The Kier molecular flexibility index (Phi) is 7.34. The molecule has 10 heteroatoms. The number of aliphatic hydroxyl groups excluding tert-OH is 4. The molecule has 2 aromatic carbocycles. The average Bonchev–Trinajstić information content (AvgIpc) is 2.84. The van der Waals surface area contributed by atoms with Gasteiger partial charge in [-0.2, -0.15) is 0 Å². The highest BCUT2D eigenvalue weighted by molar-refractivity contribution is 5.91. The number of phenols is 2. The van der Waals surface area contributed by atoms with Crippen molar-refractivity contribution in [1.29, 1.82) is 0 Å². The van der Waals surface area contributed by atoms with E-state index in [0.29, 0.717) is 11.1 Å². The molecule has 2 heterocycles. The molecule has 1 saturated heterocycles. The second kappa shape index (κ2) is 10.3. The van der Waals surface area contributed by atoms with Crippen molar-refractivity contribution in [3.8, 4) is 28.4 Å². The fraction of sp³-hybridized carbons (Fsp3) is 0.346. The minimum atomic E-state index is -1.67. The highest BCUT2D eigenvalue weighted by Gasteiger charge is 2.45. The van der Waals surface area contributed by atoms with Crippen molar-refractivity contribution in [3.63, 3.8) is 0 Å². The number of rotatable bonds is 6. The Morgan fingerprint density at radius 3 is 2.39 bits per heavy atom. The van der Waals surface area contributed by atoms with E-state index in [2.05, 4.69) is 0 Å². The van der Waals surface area contributed by atoms with Crippen LogP contribution in [0, 0.1) is 0 Å². The number of aliphatic hydroxyl groups is 4. The van der Waals surface area contributed by atoms with Crippen molar-refractivity contribution in [2.45, 2.75) is 51.0 Å². The van der Waals surface area contributed by atoms with Gasteiger partial charge in [-0.05, 0) is 38.0 Å². The summed E-state index contributed by atoms with van der Waals surface area (Å²) in [5.74, 6) is -0.395. The van der Waals surface area contributed by atoms with E-state index in [1.54, 1.807) is 12.1 Å². The third-order valence-corrected chi connectivity index (χ3v) is 6.07. The van der Waals surface area contributed by atoms with Gasteiger partial charge in [0.05, 0.1) is 12.2 Å². The fourth-order valence-corrected chi connectivity index (χ4v) is 4.05. The van der Waals surface area contributed by atoms with Crippen molar-refractivity contribution in [2.75, 3.05) is 6.61 Å². The summed E-state index contributed by atoms with van der Waals surface area (Å²) in [4.78, 5) is 13.3. The molecule has 5 atom stereocenters. The molecule has 0 aliphatic carbocycles. The Morgan fingerprint density at radius 1 is 1.06 bits per heavy atom. The summed E-state index contributed by atoms with van der Waals surface area (Å²) in [5, 5.41) is 60.3. The van der Waals surface area contributed by atoms with E-state index in [1.165, 1.54) is 24.5 Å². The van der Waals surface area contributed by atoms with E-state index < -0.39 is 48.5 Å². The summed E-state index contributed by atoms with van der Waals surface area (Å²) in [6.07, 6.45) is -4.23. The molecule has 3 aromatic rings. The fourth-order valence-electron chi connectivity index (χ4n) is 4.05. The molecule has 0 saturated carbocycles. The van der Waals surface area contributed by atoms with Crippen LogP contribution in [0.4, 0.5) is 0 Å². The summed E-state index contributed by atoms with van der Waals surface area (Å²) < 4.78 is 17.1. The maximum atomic E-state index is 13.3. The lowest BCUT2D eigenvalue weighted by atomic mass is 9.99. The Hall–Kier alpha value is -3.41. The molecule has 0 spiro atoms. The maximum absolute atomic E-state index is 13.3. The number of hydrogen-bond acceptors (Lipinski definition) is 10. The lowest BCUT2D eigenvalue weighted by Crippen LogP contribution is -2.60. The number of aromatic hydroxyl groups is 2. The van der Waals surface area contributed by atoms with Gasteiger partial charge in [-0.15, -0.1) is 0 Å². The van der Waals surface area contributed by atoms with Crippen molar-refractivity contribution in [2.24, 2.45) is 0 Å². The molecule has 1 aliphatic heterocycles. The molecule has 1 fully saturated rings. The van der Waals surface area contributed by atoms with E-state index in [1.807, 2.05) is 19.9 Å². The van der Waals surface area contributed by atoms with Crippen LogP contribution in [0.15, 0.2) is 57.5 Å². The third kappa shape index (κ3) is 4.81. The third-order valence-electron chi connectivity index (χ3n) is 6.07. The van der Waals surface area contributed by atoms with Crippen LogP contribution in [0.2, 0.25) is 0 Å². The van der Waals surface area contributed by atoms with E-state index in [0.717, 1.165) is 5.57 Å². The molecule has 0 amide bonds. The second-order valence-corrected chi connectivity index (χ2v) is 8.90. The molecule has 36 heavy (non-hydrogen) atoms. The Bertz CT molecular complexity index is 1320. The second-order valence-electron chi connectivity index (χ2n) is 8.90. The first-order valence-corrected chi connectivity index (χ1v) is 11.3. The summed E-state index contributed by atoms with van der Waals surface area (Å²) in [6.45, 7) is 3.12. The average molecular weight is 501 g/mol. The Balaban J connectivity index is 1.83. The smallest absolute Gasteiger partial charge is 0.229 e. The van der Waals surface area contributed by atoms with Gasteiger partial charge < -0.3 is 44.5 Å². The quantitative estimate of drug-likeness (QED) is 0.273. The molecular weight excluding hydrogens is 472 g/mol. The van der Waals surface area contributed by atoms with Gasteiger partial charge in [0.25, 0.3) is 0 Å². The standard InChI is InChI=1S/C26H28O10/c1-12(2)3-8-15-18(35-26-24(33)23(32)22(31)19(10-27)36-26)9-17(29)20-21(30)16(11-34-25(15)20)13-4-6-14(28)7-5-13/h3-7,9,11,19,22-24,26-29,31-33H,8,10H2,1-2H3/t19?,22-,23?,24?,26-/m1/s1. The SMILES string of the molecule is CC(C)=CCc1c(O[C@@H]2OC(CO)[C@@H](O)C(O)C2O)cc(O)c2c(=O)c(-c3ccc(O)cc3)coc12. The Labute approximate surface area is 205 Å². The monoisotopic (exact) mass is 500 g/mol. The molecule has 3 unspecified atom stereocenters. The Morgan fingerprint density at radius 2 is 1.75 bits per heavy atom. The van der Waals surface area contributed by atoms with Crippen LogP contribution < -0.4 is 10.2 Å². The highest BCUT2D eigenvalue weighted by atomic mass is 16.7. The van der Waals surface area contributed by atoms with Gasteiger partial charge >= 0.3 is 0 Å². The summed E-state index contributed by atoms with van der Waals surface area (Å²) in [5.41, 5.74) is 1.54. The van der Waals surface area contributed by atoms with Gasteiger partial charge in [0.1, 0.15) is 58.9 Å². The predicted molar refractivity (Wildman–Crippen MR) is 129 cm³/mol. The van der Waals surface area contributed by atoms with Crippen LogP contribution in [0.1, 0.15) is 19.4 Å². The molecule has 0 radical (unpaired) electrons. The van der Waals surface area contributed by atoms with Crippen LogP contribution in [0.3, 0.4) is 0 Å². The topological polar surface area (TPSA) is 170 Å². The van der Waals surface area contributed by atoms with E-state index in [-0.39, 0.29) is 34.5 Å². The zero-order valence-corrected chi connectivity index (χ0v) is 19.7. The first-order valence-electron chi connectivity index (χ1n) is 11.3. The van der Waals surface area contributed by atoms with E-state index in [9.17, 15) is 35.4 Å². The van der Waals surface area contributed by atoms with Gasteiger partial charge in [0, 0.05) is 11.6 Å². The summed E-state index contributed by atoms with van der Waals surface area (Å²) >= 11 is 0. The molecule has 1 aromatic heterocycles. The van der Waals surface area contributed by atoms with Crippen LogP contribution in [0.25, 0.3) is 22.1 Å². The van der Waals surface area contributed by atoms with Crippen molar-refractivity contribution in [3.05, 3.63) is 64.0 Å². The van der Waals surface area contributed by atoms with Crippen molar-refractivity contribution >= 4 is 11.0 Å². The molecule has 1 aliphatic rings. The molecule has 0 bridgehead atoms. The highest BCUT2D eigenvalue weighted by Crippen LogP contribution is 2.37. The minimum Gasteiger partial charge on any atom is -0.508 e. The van der Waals surface area contributed by atoms with E-state index >= 15 is 0 Å². The van der Waals surface area contributed by atoms with Crippen LogP contribution in [0.5, 0.6) is 17.2 Å². The van der Waals surface area contributed by atoms with Crippen LogP contribution in [-0.2, 0) is 11.2 Å². The van der Waals surface area contributed by atoms with Crippen molar-refractivity contribution in [1.82, 2.24) is 0 Å². The first kappa shape index (κ1) is 25.7. The minimum absolute atomic E-state index is 0.0161. The molecular formula is C26H28O10. The lowest BCUT2D eigenvalue weighted by Gasteiger charge is -2.39. The van der Waals surface area contributed by atoms with Crippen LogP contribution >= 0.6 is 0 Å². The molecule has 192 valence electrons. The van der Waals surface area contributed by atoms with Gasteiger partial charge in [0.15, 0.2) is 0 Å². The number of benzene rings is 2. The predicted octanol–water partition coefficient (Wildman–Crippen LogP) is 1.56. The van der Waals surface area contributed by atoms with Gasteiger partial charge in [-0.1, -0.05) is 23.8 Å². The number of ether oxygens (including phenoxy) is 2. The molecule has 6 N–H and O–H groups in total. The first-order chi connectivity index (χ1) is 17.1. The van der Waals surface area contributed by atoms with Gasteiger partial charge in [-0.3, -0.25) is 4.79 Å². The lowest BCUT2D eigenvalue weighted by molar-refractivity contribution is -0.277. The van der Waals surface area contributed by atoms with E-state index in [4.69, 9.17) is 13.9 Å². The van der Waals surface area contributed by atoms with Crippen molar-refractivity contribution < 1.29 is 44.5 Å². The molecule has 10 nitrogen and oxygen atoms in total. The molecule has 4 rings (SSSR count). The van der Waals surface area contributed by atoms with Crippen LogP contribution in [-0.4, -0.2) is 68.0 Å². The normalized spacial score (nSPS) is 24.0. The summed E-state index contributed by atoms with van der Waals surface area (Å²) in [7, 11) is 0. The maximum Gasteiger partial charge on any atom is 0.229 e. The van der Waals surface area contributed by atoms with Gasteiger partial charge in [0.2, 0.25) is 11.7 Å². The zero-order valence-electron chi connectivity index (χ0n) is 19.7. The zero-order chi connectivity index (χ0) is 26.1. The van der Waals surface area contributed by atoms with Gasteiger partial charge in [-0.25, -0.2) is 0 Å². The summed E-state index contributed by atoms with van der Waals surface area (Å²) in [6, 6.07) is 7.14. The number of phenolic OH excluding ortho intramolecular Hbond substituents is 2. The number of fused-ring (bicyclic) bond motifs is 1. The number of allylic oxidation sites excluding steroid dienone is 2. The largest absolute Gasteiger partial charge is 0.508 e.